The average Bonchev–Trinajstić information content (AvgIpc) is 2.96. The molecule has 0 radical (unpaired) electrons. The number of hydrogen-bond donors (Lipinski definition) is 1. The van der Waals surface area contributed by atoms with Gasteiger partial charge in [0, 0.05) is 25.4 Å². The number of aromatic nitrogens is 2. The van der Waals surface area contributed by atoms with Gasteiger partial charge in [0.1, 0.15) is 12.0 Å². The molecule has 2 rings (SSSR count). The lowest BCUT2D eigenvalue weighted by Gasteiger charge is -2.00. The molecule has 1 N–H and O–H groups in total. The van der Waals surface area contributed by atoms with Crippen molar-refractivity contribution in [1.29, 1.82) is 0 Å². The molecule has 0 aromatic carbocycles. The van der Waals surface area contributed by atoms with Crippen LogP contribution in [0.15, 0.2) is 22.9 Å². The van der Waals surface area contributed by atoms with Crippen molar-refractivity contribution in [2.24, 2.45) is 7.05 Å². The first kappa shape index (κ1) is 13.4. The monoisotopic (exact) mass is 263 g/mol. The number of nitrogens with one attached hydrogen (secondary N) is 1. The minimum atomic E-state index is -0.391. The zero-order chi connectivity index (χ0) is 13.8. The van der Waals surface area contributed by atoms with Gasteiger partial charge >= 0.3 is 5.97 Å². The molecule has 0 amide bonds. The summed E-state index contributed by atoms with van der Waals surface area (Å²) in [5, 5.41) is 7.51. The largest absolute Gasteiger partial charge is 0.467 e. The maximum Gasteiger partial charge on any atom is 0.341 e. The second-order valence-electron chi connectivity index (χ2n) is 4.31. The third-order valence-electron chi connectivity index (χ3n) is 2.80. The van der Waals surface area contributed by atoms with E-state index < -0.39 is 5.97 Å². The molecule has 102 valence electrons. The number of furan rings is 1. The van der Waals surface area contributed by atoms with Crippen LogP contribution in [-0.2, 0) is 24.9 Å². The summed E-state index contributed by atoms with van der Waals surface area (Å²) in [6, 6.07) is 1.68. The van der Waals surface area contributed by atoms with Crippen LogP contribution in [0.1, 0.15) is 27.4 Å². The van der Waals surface area contributed by atoms with Gasteiger partial charge in [0.25, 0.3) is 0 Å². The minimum Gasteiger partial charge on any atom is -0.467 e. The fraction of sp³-hybridized carbons (Fsp3) is 0.385. The summed E-state index contributed by atoms with van der Waals surface area (Å²) in [4.78, 5) is 11.3. The van der Waals surface area contributed by atoms with Gasteiger partial charge in [0.2, 0.25) is 0 Å². The van der Waals surface area contributed by atoms with Crippen LogP contribution >= 0.6 is 0 Å². The molecule has 0 aliphatic carbocycles. The second-order valence-corrected chi connectivity index (χ2v) is 4.31. The van der Waals surface area contributed by atoms with Crippen LogP contribution in [0.4, 0.5) is 0 Å². The van der Waals surface area contributed by atoms with E-state index in [-0.39, 0.29) is 0 Å². The summed E-state index contributed by atoms with van der Waals surface area (Å²) in [5.41, 5.74) is 2.57. The average molecular weight is 263 g/mol. The van der Waals surface area contributed by atoms with E-state index in [0.29, 0.717) is 24.4 Å². The first-order valence-electron chi connectivity index (χ1n) is 5.95. The molecule has 0 bridgehead atoms. The van der Waals surface area contributed by atoms with Gasteiger partial charge in [0.15, 0.2) is 0 Å². The van der Waals surface area contributed by atoms with Gasteiger partial charge in [-0.3, -0.25) is 4.68 Å². The summed E-state index contributed by atoms with van der Waals surface area (Å²) in [6.45, 7) is 3.22. The Balaban J connectivity index is 1.87. The van der Waals surface area contributed by atoms with Crippen LogP contribution in [0.2, 0.25) is 0 Å². The normalized spacial score (nSPS) is 10.7. The lowest BCUT2D eigenvalue weighted by molar-refractivity contribution is 0.0600. The Morgan fingerprint density at radius 1 is 1.53 bits per heavy atom. The Morgan fingerprint density at radius 2 is 2.32 bits per heavy atom. The fourth-order valence-corrected chi connectivity index (χ4v) is 1.84. The zero-order valence-electron chi connectivity index (χ0n) is 11.3. The highest BCUT2D eigenvalue weighted by atomic mass is 16.5. The maximum atomic E-state index is 11.3. The van der Waals surface area contributed by atoms with E-state index in [0.717, 1.165) is 11.3 Å². The van der Waals surface area contributed by atoms with Crippen LogP contribution in [-0.4, -0.2) is 22.9 Å². The predicted octanol–water partition coefficient (Wildman–Crippen LogP) is 1.40. The Hall–Kier alpha value is -2.08. The molecule has 0 atom stereocenters. The number of rotatable bonds is 5. The fourth-order valence-electron chi connectivity index (χ4n) is 1.84. The smallest absolute Gasteiger partial charge is 0.341 e. The lowest BCUT2D eigenvalue weighted by Crippen LogP contribution is -2.12. The highest BCUT2D eigenvalue weighted by molar-refractivity contribution is 5.88. The third-order valence-corrected chi connectivity index (χ3v) is 2.80. The Bertz CT molecular complexity index is 571. The number of hydrogen-bond acceptors (Lipinski definition) is 5. The highest BCUT2D eigenvalue weighted by Gasteiger charge is 2.10. The van der Waals surface area contributed by atoms with Crippen molar-refractivity contribution in [1.82, 2.24) is 15.1 Å². The molecule has 2 aromatic heterocycles. The van der Waals surface area contributed by atoms with Crippen molar-refractivity contribution >= 4 is 5.97 Å². The first-order valence-corrected chi connectivity index (χ1v) is 5.95. The first-order chi connectivity index (χ1) is 9.10. The summed E-state index contributed by atoms with van der Waals surface area (Å²) < 4.78 is 11.7. The number of aryl methyl sites for hydroxylation is 2. The molecular formula is C13H17N3O3. The van der Waals surface area contributed by atoms with E-state index in [1.807, 2.05) is 20.2 Å². The number of carbonyl (C=O) groups is 1. The Morgan fingerprint density at radius 3 is 2.95 bits per heavy atom. The van der Waals surface area contributed by atoms with Crippen molar-refractivity contribution in [3.63, 3.8) is 0 Å². The molecule has 19 heavy (non-hydrogen) atoms. The quantitative estimate of drug-likeness (QED) is 0.826. The molecule has 6 nitrogen and oxygen atoms in total. The van der Waals surface area contributed by atoms with Crippen LogP contribution in [0.5, 0.6) is 0 Å². The number of nitrogens with zero attached hydrogens (tertiary/aromatic N) is 2. The molecule has 0 saturated carbocycles. The number of ether oxygens (including phenoxy) is 1. The summed E-state index contributed by atoms with van der Waals surface area (Å²) in [5.74, 6) is 0.306. The minimum absolute atomic E-state index is 0.391. The second kappa shape index (κ2) is 5.71. The molecule has 0 unspecified atom stereocenters. The van der Waals surface area contributed by atoms with Gasteiger partial charge < -0.3 is 14.5 Å². The topological polar surface area (TPSA) is 69.3 Å². The van der Waals surface area contributed by atoms with Crippen LogP contribution in [0, 0.1) is 6.92 Å². The predicted molar refractivity (Wildman–Crippen MR) is 68.5 cm³/mol. The van der Waals surface area contributed by atoms with E-state index in [2.05, 4.69) is 15.2 Å². The van der Waals surface area contributed by atoms with Crippen LogP contribution in [0.3, 0.4) is 0 Å². The molecule has 0 spiro atoms. The molecule has 0 fully saturated rings. The van der Waals surface area contributed by atoms with Crippen molar-refractivity contribution in [3.05, 3.63) is 41.1 Å². The van der Waals surface area contributed by atoms with Gasteiger partial charge in [-0.1, -0.05) is 0 Å². The summed E-state index contributed by atoms with van der Waals surface area (Å²) in [6.07, 6.45) is 3.38. The van der Waals surface area contributed by atoms with E-state index in [1.165, 1.54) is 13.4 Å². The van der Waals surface area contributed by atoms with E-state index in [4.69, 9.17) is 4.42 Å². The van der Waals surface area contributed by atoms with Crippen molar-refractivity contribution in [3.8, 4) is 0 Å². The van der Waals surface area contributed by atoms with Gasteiger partial charge in [-0.05, 0) is 13.0 Å². The van der Waals surface area contributed by atoms with Crippen molar-refractivity contribution in [2.45, 2.75) is 20.0 Å². The van der Waals surface area contributed by atoms with Crippen molar-refractivity contribution in [2.75, 3.05) is 7.11 Å². The molecule has 2 aromatic rings. The van der Waals surface area contributed by atoms with E-state index in [1.54, 1.807) is 10.7 Å². The van der Waals surface area contributed by atoms with Gasteiger partial charge in [-0.25, -0.2) is 4.79 Å². The molecule has 2 heterocycles. The van der Waals surface area contributed by atoms with E-state index in [9.17, 15) is 4.79 Å². The number of esters is 1. The maximum absolute atomic E-state index is 11.3. The Labute approximate surface area is 111 Å². The lowest BCUT2D eigenvalue weighted by atomic mass is 10.2. The molecule has 0 aliphatic rings. The highest BCUT2D eigenvalue weighted by Crippen LogP contribution is 2.09. The van der Waals surface area contributed by atoms with Gasteiger partial charge in [-0.15, -0.1) is 0 Å². The summed E-state index contributed by atoms with van der Waals surface area (Å²) in [7, 11) is 3.24. The molecule has 0 aliphatic heterocycles. The SMILES string of the molecule is COC(=O)c1coc(CNCc2cn(C)nc2C)c1. The van der Waals surface area contributed by atoms with Gasteiger partial charge in [0.05, 0.1) is 24.9 Å². The third kappa shape index (κ3) is 3.23. The Kier molecular flexibility index (Phi) is 4.01. The number of carbonyl (C=O) groups excluding carboxylic acids is 1. The van der Waals surface area contributed by atoms with Crippen LogP contribution < -0.4 is 5.32 Å². The van der Waals surface area contributed by atoms with Crippen LogP contribution in [0.25, 0.3) is 0 Å². The zero-order valence-corrected chi connectivity index (χ0v) is 11.3. The standard InChI is InChI=1S/C13H17N3O3/c1-9-11(7-16(2)15-9)5-14-6-12-4-10(8-19-12)13(17)18-3/h4,7-8,14H,5-6H2,1-3H3. The number of methoxy groups -OCH3 is 1. The summed E-state index contributed by atoms with van der Waals surface area (Å²) >= 11 is 0. The molecule has 6 heteroatoms. The van der Waals surface area contributed by atoms with Crippen molar-refractivity contribution < 1.29 is 13.9 Å². The van der Waals surface area contributed by atoms with E-state index >= 15 is 0 Å². The molecular weight excluding hydrogens is 246 g/mol. The van der Waals surface area contributed by atoms with Gasteiger partial charge in [-0.2, -0.15) is 5.10 Å². The molecule has 0 saturated heterocycles.